The molecule has 1 N–H and O–H groups in total. The lowest BCUT2D eigenvalue weighted by molar-refractivity contribution is 0.184. The number of halogens is 2. The van der Waals surface area contributed by atoms with Gasteiger partial charge in [-0.25, -0.2) is 4.39 Å². The molecular formula is C16H17ClFNO. The monoisotopic (exact) mass is 293 g/mol. The first kappa shape index (κ1) is 15.0. The van der Waals surface area contributed by atoms with Crippen LogP contribution in [0.1, 0.15) is 16.7 Å². The highest BCUT2D eigenvalue weighted by molar-refractivity contribution is 6.30. The summed E-state index contributed by atoms with van der Waals surface area (Å²) in [6, 6.07) is 12.9. The summed E-state index contributed by atoms with van der Waals surface area (Å²) in [6.45, 7) is 1.97. The van der Waals surface area contributed by atoms with Crippen LogP contribution in [0, 0.1) is 5.82 Å². The summed E-state index contributed by atoms with van der Waals surface area (Å²) in [6.07, 6.45) is 0. The molecule has 0 amide bonds. The summed E-state index contributed by atoms with van der Waals surface area (Å²) in [5, 5.41) is 3.48. The minimum absolute atomic E-state index is 0.157. The molecule has 0 aliphatic heterocycles. The van der Waals surface area contributed by atoms with Crippen molar-refractivity contribution in [2.45, 2.75) is 19.7 Å². The van der Waals surface area contributed by atoms with Gasteiger partial charge in [0.15, 0.2) is 0 Å². The predicted molar refractivity (Wildman–Crippen MR) is 79.1 cm³/mol. The second kappa shape index (κ2) is 7.39. The normalized spacial score (nSPS) is 10.8. The maximum Gasteiger partial charge on any atom is 0.141 e. The van der Waals surface area contributed by atoms with Crippen molar-refractivity contribution in [3.63, 3.8) is 0 Å². The topological polar surface area (TPSA) is 21.3 Å². The number of rotatable bonds is 6. The van der Waals surface area contributed by atoms with Crippen molar-refractivity contribution in [3.05, 3.63) is 70.0 Å². The standard InChI is InChI=1S/C16H17ClFNO/c1-20-11-14-5-3-2-4-13(14)10-19-9-12-6-7-16(18)15(17)8-12/h2-8,19H,9-11H2,1H3. The first-order valence-electron chi connectivity index (χ1n) is 6.41. The molecule has 0 spiro atoms. The quantitative estimate of drug-likeness (QED) is 0.872. The maximum absolute atomic E-state index is 13.1. The minimum atomic E-state index is -0.388. The predicted octanol–water partition coefficient (Wildman–Crippen LogP) is 3.92. The van der Waals surface area contributed by atoms with Gasteiger partial charge in [-0.2, -0.15) is 0 Å². The lowest BCUT2D eigenvalue weighted by Crippen LogP contribution is -2.14. The third-order valence-electron chi connectivity index (χ3n) is 3.05. The van der Waals surface area contributed by atoms with Crippen LogP contribution in [0.15, 0.2) is 42.5 Å². The van der Waals surface area contributed by atoms with E-state index in [9.17, 15) is 4.39 Å². The second-order valence-corrected chi connectivity index (χ2v) is 4.96. The Hall–Kier alpha value is -1.42. The minimum Gasteiger partial charge on any atom is -0.380 e. The first-order chi connectivity index (χ1) is 9.70. The van der Waals surface area contributed by atoms with Gasteiger partial charge in [-0.3, -0.25) is 0 Å². The van der Waals surface area contributed by atoms with E-state index in [-0.39, 0.29) is 10.8 Å². The van der Waals surface area contributed by atoms with E-state index in [4.69, 9.17) is 16.3 Å². The zero-order chi connectivity index (χ0) is 14.4. The van der Waals surface area contributed by atoms with Gasteiger partial charge in [-0.1, -0.05) is 41.9 Å². The summed E-state index contributed by atoms with van der Waals surface area (Å²) in [5.74, 6) is -0.388. The van der Waals surface area contributed by atoms with Crippen LogP contribution in [0.2, 0.25) is 5.02 Å². The SMILES string of the molecule is COCc1ccccc1CNCc1ccc(F)c(Cl)c1. The van der Waals surface area contributed by atoms with E-state index in [1.165, 1.54) is 17.2 Å². The van der Waals surface area contributed by atoms with Gasteiger partial charge in [0.1, 0.15) is 5.82 Å². The smallest absolute Gasteiger partial charge is 0.141 e. The van der Waals surface area contributed by atoms with Crippen LogP contribution < -0.4 is 5.32 Å². The van der Waals surface area contributed by atoms with E-state index < -0.39 is 0 Å². The van der Waals surface area contributed by atoms with Crippen LogP contribution in [0.3, 0.4) is 0 Å². The van der Waals surface area contributed by atoms with Crippen molar-refractivity contribution >= 4 is 11.6 Å². The molecule has 2 aromatic rings. The number of benzene rings is 2. The third-order valence-corrected chi connectivity index (χ3v) is 3.34. The third kappa shape index (κ3) is 4.04. The lowest BCUT2D eigenvalue weighted by Gasteiger charge is -2.10. The van der Waals surface area contributed by atoms with Gasteiger partial charge in [0, 0.05) is 20.2 Å². The van der Waals surface area contributed by atoms with E-state index in [0.717, 1.165) is 12.1 Å². The average Bonchev–Trinajstić information content (AvgIpc) is 2.45. The van der Waals surface area contributed by atoms with Gasteiger partial charge in [0.05, 0.1) is 11.6 Å². The van der Waals surface area contributed by atoms with Crippen LogP contribution in [0.25, 0.3) is 0 Å². The molecule has 0 bridgehead atoms. The van der Waals surface area contributed by atoms with Crippen molar-refractivity contribution in [3.8, 4) is 0 Å². The summed E-state index contributed by atoms with van der Waals surface area (Å²) < 4.78 is 18.2. The van der Waals surface area contributed by atoms with E-state index in [0.29, 0.717) is 13.2 Å². The average molecular weight is 294 g/mol. The molecule has 106 valence electrons. The number of methoxy groups -OCH3 is 1. The fraction of sp³-hybridized carbons (Fsp3) is 0.250. The zero-order valence-electron chi connectivity index (χ0n) is 11.3. The maximum atomic E-state index is 13.1. The number of hydrogen-bond donors (Lipinski definition) is 1. The van der Waals surface area contributed by atoms with Gasteiger partial charge in [0.2, 0.25) is 0 Å². The summed E-state index contributed by atoms with van der Waals surface area (Å²) >= 11 is 5.76. The molecule has 0 saturated heterocycles. The van der Waals surface area contributed by atoms with Crippen molar-refractivity contribution in [2.75, 3.05) is 7.11 Å². The number of hydrogen-bond acceptors (Lipinski definition) is 2. The fourth-order valence-electron chi connectivity index (χ4n) is 2.02. The van der Waals surface area contributed by atoms with Gasteiger partial charge < -0.3 is 10.1 Å². The van der Waals surface area contributed by atoms with Gasteiger partial charge in [-0.15, -0.1) is 0 Å². The van der Waals surface area contributed by atoms with Gasteiger partial charge >= 0.3 is 0 Å². The molecule has 4 heteroatoms. The van der Waals surface area contributed by atoms with Crippen molar-refractivity contribution in [2.24, 2.45) is 0 Å². The largest absolute Gasteiger partial charge is 0.380 e. The molecule has 2 aromatic carbocycles. The summed E-state index contributed by atoms with van der Waals surface area (Å²) in [7, 11) is 1.69. The highest BCUT2D eigenvalue weighted by Gasteiger charge is 2.03. The highest BCUT2D eigenvalue weighted by Crippen LogP contribution is 2.16. The molecule has 0 heterocycles. The molecule has 0 aliphatic carbocycles. The van der Waals surface area contributed by atoms with Gasteiger partial charge in [-0.05, 0) is 28.8 Å². The van der Waals surface area contributed by atoms with Crippen LogP contribution in [0.4, 0.5) is 4.39 Å². The van der Waals surface area contributed by atoms with Crippen LogP contribution >= 0.6 is 11.6 Å². The van der Waals surface area contributed by atoms with Crippen molar-refractivity contribution in [1.82, 2.24) is 5.32 Å². The summed E-state index contributed by atoms with van der Waals surface area (Å²) in [5.41, 5.74) is 3.32. The van der Waals surface area contributed by atoms with Crippen molar-refractivity contribution in [1.29, 1.82) is 0 Å². The number of ether oxygens (including phenoxy) is 1. The molecule has 0 radical (unpaired) electrons. The molecule has 2 rings (SSSR count). The van der Waals surface area contributed by atoms with Crippen LogP contribution in [0.5, 0.6) is 0 Å². The zero-order valence-corrected chi connectivity index (χ0v) is 12.1. The first-order valence-corrected chi connectivity index (χ1v) is 6.79. The van der Waals surface area contributed by atoms with E-state index in [1.54, 1.807) is 19.2 Å². The molecule has 0 atom stereocenters. The van der Waals surface area contributed by atoms with E-state index >= 15 is 0 Å². The fourth-order valence-corrected chi connectivity index (χ4v) is 2.22. The Balaban J connectivity index is 1.94. The van der Waals surface area contributed by atoms with E-state index in [1.807, 2.05) is 12.1 Å². The Labute approximate surface area is 123 Å². The second-order valence-electron chi connectivity index (χ2n) is 4.55. The van der Waals surface area contributed by atoms with E-state index in [2.05, 4.69) is 17.4 Å². The van der Waals surface area contributed by atoms with Crippen LogP contribution in [-0.4, -0.2) is 7.11 Å². The van der Waals surface area contributed by atoms with Crippen molar-refractivity contribution < 1.29 is 9.13 Å². The summed E-state index contributed by atoms with van der Waals surface area (Å²) in [4.78, 5) is 0. The Kier molecular flexibility index (Phi) is 5.53. The Morgan fingerprint density at radius 2 is 1.85 bits per heavy atom. The highest BCUT2D eigenvalue weighted by atomic mass is 35.5. The van der Waals surface area contributed by atoms with Gasteiger partial charge in [0.25, 0.3) is 0 Å². The number of nitrogens with one attached hydrogen (secondary N) is 1. The molecule has 0 fully saturated rings. The molecule has 0 aromatic heterocycles. The Morgan fingerprint density at radius 1 is 1.10 bits per heavy atom. The molecule has 0 saturated carbocycles. The lowest BCUT2D eigenvalue weighted by atomic mass is 10.1. The molecule has 2 nitrogen and oxygen atoms in total. The molecule has 0 unspecified atom stereocenters. The molecule has 20 heavy (non-hydrogen) atoms. The van der Waals surface area contributed by atoms with Crippen LogP contribution in [-0.2, 0) is 24.4 Å². The molecular weight excluding hydrogens is 277 g/mol. The molecule has 0 aliphatic rings. The Bertz CT molecular complexity index is 574. The Morgan fingerprint density at radius 3 is 2.55 bits per heavy atom.